The van der Waals surface area contributed by atoms with Gasteiger partial charge in [0.25, 0.3) is 5.82 Å². The number of rotatable bonds is 6. The van der Waals surface area contributed by atoms with Gasteiger partial charge in [0, 0.05) is 13.5 Å². The molecule has 2 rings (SSSR count). The zero-order valence-corrected chi connectivity index (χ0v) is 11.5. The normalized spacial score (nSPS) is 10.5. The standard InChI is InChI=1S/C14H17N3O3/c1-3-20-14(18)13-15-12(16-17-13)8-10-4-6-11(7-5-10)9-19-2/h4-7H,3,8-9H2,1-2H3,(H,15,16,17). The summed E-state index contributed by atoms with van der Waals surface area (Å²) in [5.41, 5.74) is 2.19. The van der Waals surface area contributed by atoms with Gasteiger partial charge in [0.15, 0.2) is 0 Å². The van der Waals surface area contributed by atoms with E-state index in [1.165, 1.54) is 0 Å². The summed E-state index contributed by atoms with van der Waals surface area (Å²) in [5.74, 6) is 0.191. The summed E-state index contributed by atoms with van der Waals surface area (Å²) in [7, 11) is 1.67. The van der Waals surface area contributed by atoms with Crippen LogP contribution in [0.5, 0.6) is 0 Å². The summed E-state index contributed by atoms with van der Waals surface area (Å²) in [6.45, 7) is 2.65. The Kier molecular flexibility index (Phi) is 4.84. The highest BCUT2D eigenvalue weighted by Gasteiger charge is 2.13. The Morgan fingerprint density at radius 1 is 1.25 bits per heavy atom. The number of carbonyl (C=O) groups is 1. The number of nitrogens with one attached hydrogen (secondary N) is 1. The quantitative estimate of drug-likeness (QED) is 0.812. The number of aromatic amines is 1. The Morgan fingerprint density at radius 2 is 1.95 bits per heavy atom. The second-order valence-corrected chi connectivity index (χ2v) is 4.25. The molecule has 0 aliphatic carbocycles. The molecule has 0 amide bonds. The van der Waals surface area contributed by atoms with Crippen LogP contribution in [0.15, 0.2) is 24.3 Å². The van der Waals surface area contributed by atoms with E-state index < -0.39 is 5.97 Å². The van der Waals surface area contributed by atoms with E-state index in [2.05, 4.69) is 15.2 Å². The van der Waals surface area contributed by atoms with Crippen LogP contribution in [-0.2, 0) is 22.5 Å². The van der Waals surface area contributed by atoms with Gasteiger partial charge in [-0.1, -0.05) is 24.3 Å². The molecule has 0 aliphatic rings. The summed E-state index contributed by atoms with van der Waals surface area (Å²) in [6.07, 6.45) is 0.583. The number of hydrogen-bond acceptors (Lipinski definition) is 5. The number of benzene rings is 1. The zero-order valence-electron chi connectivity index (χ0n) is 11.5. The number of ether oxygens (including phenoxy) is 2. The van der Waals surface area contributed by atoms with Crippen LogP contribution < -0.4 is 0 Å². The van der Waals surface area contributed by atoms with E-state index in [1.807, 2.05) is 24.3 Å². The number of carbonyl (C=O) groups excluding carboxylic acids is 1. The van der Waals surface area contributed by atoms with Crippen molar-refractivity contribution in [2.24, 2.45) is 0 Å². The van der Waals surface area contributed by atoms with Crippen LogP contribution in [0.1, 0.15) is 34.5 Å². The molecule has 0 atom stereocenters. The molecular weight excluding hydrogens is 258 g/mol. The Hall–Kier alpha value is -2.21. The molecule has 0 saturated carbocycles. The average molecular weight is 275 g/mol. The number of nitrogens with zero attached hydrogens (tertiary/aromatic N) is 2. The lowest BCUT2D eigenvalue weighted by Gasteiger charge is -2.01. The average Bonchev–Trinajstić information content (AvgIpc) is 2.90. The fraction of sp³-hybridized carbons (Fsp3) is 0.357. The topological polar surface area (TPSA) is 77.1 Å². The van der Waals surface area contributed by atoms with Crippen molar-refractivity contribution in [1.82, 2.24) is 15.2 Å². The molecule has 6 nitrogen and oxygen atoms in total. The molecule has 0 fully saturated rings. The van der Waals surface area contributed by atoms with Crippen LogP contribution in [0, 0.1) is 0 Å². The van der Waals surface area contributed by atoms with Gasteiger partial charge in [0.05, 0.1) is 13.2 Å². The maximum absolute atomic E-state index is 11.4. The van der Waals surface area contributed by atoms with Gasteiger partial charge in [-0.3, -0.25) is 5.10 Å². The van der Waals surface area contributed by atoms with E-state index in [-0.39, 0.29) is 5.82 Å². The zero-order chi connectivity index (χ0) is 14.4. The predicted octanol–water partition coefficient (Wildman–Crippen LogP) is 1.72. The fourth-order valence-electron chi connectivity index (χ4n) is 1.77. The van der Waals surface area contributed by atoms with Crippen molar-refractivity contribution in [2.45, 2.75) is 20.0 Å². The third-order valence-corrected chi connectivity index (χ3v) is 2.70. The van der Waals surface area contributed by atoms with E-state index in [0.29, 0.717) is 25.5 Å². The molecule has 1 aromatic heterocycles. The SMILES string of the molecule is CCOC(=O)c1n[nH]c(Cc2ccc(COC)cc2)n1. The summed E-state index contributed by atoms with van der Waals surface area (Å²) < 4.78 is 9.90. The predicted molar refractivity (Wildman–Crippen MR) is 72.3 cm³/mol. The second-order valence-electron chi connectivity index (χ2n) is 4.25. The van der Waals surface area contributed by atoms with Gasteiger partial charge in [-0.05, 0) is 18.1 Å². The van der Waals surface area contributed by atoms with Gasteiger partial charge in [-0.2, -0.15) is 0 Å². The largest absolute Gasteiger partial charge is 0.460 e. The molecule has 6 heteroatoms. The molecule has 1 heterocycles. The van der Waals surface area contributed by atoms with Crippen LogP contribution in [-0.4, -0.2) is 34.9 Å². The molecule has 1 aromatic carbocycles. The summed E-state index contributed by atoms with van der Waals surface area (Å²) in [5, 5.41) is 6.59. The Morgan fingerprint density at radius 3 is 2.60 bits per heavy atom. The van der Waals surface area contributed by atoms with Crippen molar-refractivity contribution in [3.8, 4) is 0 Å². The number of esters is 1. The van der Waals surface area contributed by atoms with Gasteiger partial charge >= 0.3 is 5.97 Å². The van der Waals surface area contributed by atoms with Gasteiger partial charge in [0.2, 0.25) is 0 Å². The van der Waals surface area contributed by atoms with Crippen LogP contribution >= 0.6 is 0 Å². The lowest BCUT2D eigenvalue weighted by atomic mass is 10.1. The molecule has 20 heavy (non-hydrogen) atoms. The van der Waals surface area contributed by atoms with E-state index in [4.69, 9.17) is 9.47 Å². The first-order chi connectivity index (χ1) is 9.72. The summed E-state index contributed by atoms with van der Waals surface area (Å²) >= 11 is 0. The van der Waals surface area contributed by atoms with Crippen molar-refractivity contribution in [1.29, 1.82) is 0 Å². The molecule has 2 aromatic rings. The Labute approximate surface area is 117 Å². The maximum Gasteiger partial charge on any atom is 0.378 e. The van der Waals surface area contributed by atoms with Crippen LogP contribution in [0.25, 0.3) is 0 Å². The van der Waals surface area contributed by atoms with Crippen molar-refractivity contribution < 1.29 is 14.3 Å². The minimum atomic E-state index is -0.509. The van der Waals surface area contributed by atoms with Crippen LogP contribution in [0.3, 0.4) is 0 Å². The van der Waals surface area contributed by atoms with Gasteiger partial charge in [0.1, 0.15) is 5.82 Å². The molecule has 0 unspecified atom stereocenters. The highest BCUT2D eigenvalue weighted by molar-refractivity contribution is 5.84. The molecule has 0 bridgehead atoms. The monoisotopic (exact) mass is 275 g/mol. The second kappa shape index (κ2) is 6.81. The Balaban J connectivity index is 2.01. The first-order valence-corrected chi connectivity index (χ1v) is 6.38. The lowest BCUT2D eigenvalue weighted by molar-refractivity contribution is 0.0512. The maximum atomic E-state index is 11.4. The lowest BCUT2D eigenvalue weighted by Crippen LogP contribution is -2.06. The number of hydrogen-bond donors (Lipinski definition) is 1. The minimum Gasteiger partial charge on any atom is -0.460 e. The van der Waals surface area contributed by atoms with E-state index in [1.54, 1.807) is 14.0 Å². The van der Waals surface area contributed by atoms with Crippen molar-refractivity contribution in [2.75, 3.05) is 13.7 Å². The first kappa shape index (κ1) is 14.2. The highest BCUT2D eigenvalue weighted by atomic mass is 16.5. The molecule has 0 aliphatic heterocycles. The summed E-state index contributed by atoms with van der Waals surface area (Å²) in [6, 6.07) is 8.00. The van der Waals surface area contributed by atoms with Crippen LogP contribution in [0.2, 0.25) is 0 Å². The third kappa shape index (κ3) is 3.64. The smallest absolute Gasteiger partial charge is 0.378 e. The van der Waals surface area contributed by atoms with Crippen molar-refractivity contribution in [3.05, 3.63) is 47.0 Å². The van der Waals surface area contributed by atoms with Gasteiger partial charge < -0.3 is 9.47 Å². The molecule has 0 spiro atoms. The molecule has 106 valence electrons. The molecule has 1 N–H and O–H groups in total. The summed E-state index contributed by atoms with van der Waals surface area (Å²) in [4.78, 5) is 15.6. The van der Waals surface area contributed by atoms with E-state index in [0.717, 1.165) is 11.1 Å². The first-order valence-electron chi connectivity index (χ1n) is 6.38. The van der Waals surface area contributed by atoms with E-state index >= 15 is 0 Å². The van der Waals surface area contributed by atoms with Crippen molar-refractivity contribution >= 4 is 5.97 Å². The van der Waals surface area contributed by atoms with Gasteiger partial charge in [-0.15, -0.1) is 5.10 Å². The number of methoxy groups -OCH3 is 1. The van der Waals surface area contributed by atoms with Crippen molar-refractivity contribution in [3.63, 3.8) is 0 Å². The van der Waals surface area contributed by atoms with E-state index in [9.17, 15) is 4.79 Å². The molecule has 0 saturated heterocycles. The fourth-order valence-corrected chi connectivity index (χ4v) is 1.77. The van der Waals surface area contributed by atoms with Gasteiger partial charge in [-0.25, -0.2) is 9.78 Å². The number of aromatic nitrogens is 3. The third-order valence-electron chi connectivity index (χ3n) is 2.70. The molecular formula is C14H17N3O3. The highest BCUT2D eigenvalue weighted by Crippen LogP contribution is 2.09. The number of H-pyrrole nitrogens is 1. The Bertz CT molecular complexity index is 563. The minimum absolute atomic E-state index is 0.0675. The van der Waals surface area contributed by atoms with Crippen LogP contribution in [0.4, 0.5) is 0 Å². The molecule has 0 radical (unpaired) electrons.